The van der Waals surface area contributed by atoms with Crippen LogP contribution in [0.4, 0.5) is 5.69 Å². The number of pyridine rings is 2. The standard InChI is InChI=1S/C16H13N3O2S.2ClH/c20-15(14-7-4-10-21-14)19-13-6-3-9-18-16(13)22-11-12-5-1-2-8-17-12;;/h1-10H,11H2,(H,19,20);2*1H. The molecule has 0 unspecified atom stereocenters. The summed E-state index contributed by atoms with van der Waals surface area (Å²) in [4.78, 5) is 20.6. The molecule has 0 spiro atoms. The van der Waals surface area contributed by atoms with Crippen molar-refractivity contribution in [2.45, 2.75) is 10.8 Å². The zero-order valence-corrected chi connectivity index (χ0v) is 14.9. The third-order valence-electron chi connectivity index (χ3n) is 2.85. The minimum Gasteiger partial charge on any atom is -0.459 e. The van der Waals surface area contributed by atoms with Crippen molar-refractivity contribution >= 4 is 48.2 Å². The highest BCUT2D eigenvalue weighted by atomic mass is 35.5. The van der Waals surface area contributed by atoms with E-state index >= 15 is 0 Å². The Bertz CT molecular complexity index is 755. The van der Waals surface area contributed by atoms with Gasteiger partial charge in [0.05, 0.1) is 17.6 Å². The fourth-order valence-electron chi connectivity index (χ4n) is 1.82. The fraction of sp³-hybridized carbons (Fsp3) is 0.0625. The number of carbonyl (C=O) groups is 1. The molecule has 126 valence electrons. The van der Waals surface area contributed by atoms with E-state index in [9.17, 15) is 4.79 Å². The van der Waals surface area contributed by atoms with Gasteiger partial charge in [-0.25, -0.2) is 4.98 Å². The number of nitrogens with one attached hydrogen (secondary N) is 1. The predicted octanol–water partition coefficient (Wildman–Crippen LogP) is 4.46. The van der Waals surface area contributed by atoms with Crippen LogP contribution in [-0.2, 0) is 5.75 Å². The van der Waals surface area contributed by atoms with Gasteiger partial charge in [-0.15, -0.1) is 24.8 Å². The predicted molar refractivity (Wildman–Crippen MR) is 99.2 cm³/mol. The lowest BCUT2D eigenvalue weighted by atomic mass is 10.3. The van der Waals surface area contributed by atoms with Crippen molar-refractivity contribution in [1.29, 1.82) is 0 Å². The first kappa shape index (κ1) is 20.0. The summed E-state index contributed by atoms with van der Waals surface area (Å²) >= 11 is 1.52. The number of amides is 1. The first-order valence-electron chi connectivity index (χ1n) is 6.65. The van der Waals surface area contributed by atoms with Crippen LogP contribution in [0.1, 0.15) is 16.2 Å². The zero-order valence-electron chi connectivity index (χ0n) is 12.4. The van der Waals surface area contributed by atoms with Crippen LogP contribution < -0.4 is 5.32 Å². The topological polar surface area (TPSA) is 68.0 Å². The summed E-state index contributed by atoms with van der Waals surface area (Å²) in [5.74, 6) is 0.656. The Morgan fingerprint density at radius 2 is 1.88 bits per heavy atom. The summed E-state index contributed by atoms with van der Waals surface area (Å²) in [5.41, 5.74) is 1.62. The molecule has 3 heterocycles. The number of nitrogens with zero attached hydrogens (tertiary/aromatic N) is 2. The highest BCUT2D eigenvalue weighted by Crippen LogP contribution is 2.27. The fourth-order valence-corrected chi connectivity index (χ4v) is 2.68. The van der Waals surface area contributed by atoms with E-state index in [4.69, 9.17) is 4.42 Å². The highest BCUT2D eigenvalue weighted by Gasteiger charge is 2.12. The smallest absolute Gasteiger partial charge is 0.291 e. The molecule has 3 aromatic rings. The van der Waals surface area contributed by atoms with E-state index in [2.05, 4.69) is 15.3 Å². The molecule has 3 rings (SSSR count). The van der Waals surface area contributed by atoms with E-state index in [-0.39, 0.29) is 36.5 Å². The molecule has 5 nitrogen and oxygen atoms in total. The summed E-state index contributed by atoms with van der Waals surface area (Å²) in [6.07, 6.45) is 4.92. The number of rotatable bonds is 5. The normalized spacial score (nSPS) is 9.50. The Kier molecular flexibility index (Phi) is 8.32. The van der Waals surface area contributed by atoms with Crippen LogP contribution in [0.15, 0.2) is 70.6 Å². The van der Waals surface area contributed by atoms with Crippen molar-refractivity contribution in [2.75, 3.05) is 5.32 Å². The van der Waals surface area contributed by atoms with Gasteiger partial charge in [0.25, 0.3) is 5.91 Å². The number of furan rings is 1. The summed E-state index contributed by atoms with van der Waals surface area (Å²) in [6, 6.07) is 12.7. The Labute approximate surface area is 156 Å². The van der Waals surface area contributed by atoms with Crippen molar-refractivity contribution < 1.29 is 9.21 Å². The van der Waals surface area contributed by atoms with Gasteiger partial charge < -0.3 is 9.73 Å². The molecule has 3 aromatic heterocycles. The van der Waals surface area contributed by atoms with Crippen LogP contribution in [0.3, 0.4) is 0 Å². The molecule has 0 atom stereocenters. The van der Waals surface area contributed by atoms with Crippen LogP contribution in [0, 0.1) is 0 Å². The van der Waals surface area contributed by atoms with E-state index in [1.54, 1.807) is 30.6 Å². The van der Waals surface area contributed by atoms with Gasteiger partial charge in [0.1, 0.15) is 5.03 Å². The third kappa shape index (κ3) is 5.26. The molecule has 0 saturated heterocycles. The van der Waals surface area contributed by atoms with Crippen molar-refractivity contribution in [3.05, 3.63) is 72.6 Å². The van der Waals surface area contributed by atoms with E-state index in [0.29, 0.717) is 11.4 Å². The van der Waals surface area contributed by atoms with Crippen LogP contribution in [-0.4, -0.2) is 15.9 Å². The van der Waals surface area contributed by atoms with Crippen LogP contribution >= 0.6 is 36.6 Å². The van der Waals surface area contributed by atoms with Gasteiger partial charge in [0, 0.05) is 18.1 Å². The van der Waals surface area contributed by atoms with Gasteiger partial charge in [-0.3, -0.25) is 9.78 Å². The highest BCUT2D eigenvalue weighted by molar-refractivity contribution is 7.98. The number of halogens is 2. The molecule has 0 fully saturated rings. The first-order chi connectivity index (χ1) is 10.8. The van der Waals surface area contributed by atoms with E-state index in [1.165, 1.54) is 18.0 Å². The molecule has 0 saturated carbocycles. The number of hydrogen-bond donors (Lipinski definition) is 1. The monoisotopic (exact) mass is 383 g/mol. The SMILES string of the molecule is Cl.Cl.O=C(Nc1cccnc1SCc1ccccn1)c1ccco1. The molecule has 1 N–H and O–H groups in total. The van der Waals surface area contributed by atoms with E-state index < -0.39 is 0 Å². The van der Waals surface area contributed by atoms with Gasteiger partial charge >= 0.3 is 0 Å². The van der Waals surface area contributed by atoms with E-state index in [0.717, 1.165) is 10.7 Å². The van der Waals surface area contributed by atoms with Crippen LogP contribution in [0.5, 0.6) is 0 Å². The molecule has 0 aromatic carbocycles. The molecule has 8 heteroatoms. The summed E-state index contributed by atoms with van der Waals surface area (Å²) < 4.78 is 5.09. The Morgan fingerprint density at radius 1 is 1.04 bits per heavy atom. The number of carbonyl (C=O) groups excluding carboxylic acids is 1. The minimum absolute atomic E-state index is 0. The van der Waals surface area contributed by atoms with Crippen LogP contribution in [0.25, 0.3) is 0 Å². The Morgan fingerprint density at radius 3 is 2.58 bits per heavy atom. The van der Waals surface area contributed by atoms with Gasteiger partial charge in [-0.05, 0) is 36.4 Å². The zero-order chi connectivity index (χ0) is 15.2. The molecule has 0 aliphatic carbocycles. The van der Waals surface area contributed by atoms with Gasteiger partial charge in [-0.1, -0.05) is 17.8 Å². The van der Waals surface area contributed by atoms with Crippen molar-refractivity contribution in [2.24, 2.45) is 0 Å². The molecule has 0 aliphatic heterocycles. The minimum atomic E-state index is -0.294. The molecular formula is C16H15Cl2N3O2S. The second-order valence-corrected chi connectivity index (χ2v) is 5.36. The molecular weight excluding hydrogens is 369 g/mol. The molecule has 0 aliphatic rings. The average molecular weight is 384 g/mol. The summed E-state index contributed by atoms with van der Waals surface area (Å²) in [7, 11) is 0. The number of hydrogen-bond acceptors (Lipinski definition) is 5. The maximum atomic E-state index is 12.0. The lowest BCUT2D eigenvalue weighted by Gasteiger charge is -2.08. The second kappa shape index (κ2) is 9.97. The van der Waals surface area contributed by atoms with Crippen molar-refractivity contribution in [3.63, 3.8) is 0 Å². The maximum absolute atomic E-state index is 12.0. The molecule has 1 amide bonds. The average Bonchev–Trinajstić information content (AvgIpc) is 3.10. The van der Waals surface area contributed by atoms with Crippen molar-refractivity contribution in [1.82, 2.24) is 9.97 Å². The van der Waals surface area contributed by atoms with Gasteiger partial charge in [0.15, 0.2) is 5.76 Å². The van der Waals surface area contributed by atoms with Crippen LogP contribution in [0.2, 0.25) is 0 Å². The quantitative estimate of drug-likeness (QED) is 0.658. The first-order valence-corrected chi connectivity index (χ1v) is 7.64. The molecule has 0 radical (unpaired) electrons. The maximum Gasteiger partial charge on any atom is 0.291 e. The third-order valence-corrected chi connectivity index (χ3v) is 3.89. The largest absolute Gasteiger partial charge is 0.459 e. The van der Waals surface area contributed by atoms with E-state index in [1.807, 2.05) is 24.3 Å². The Hall–Kier alpha value is -2.02. The van der Waals surface area contributed by atoms with Gasteiger partial charge in [-0.2, -0.15) is 0 Å². The Balaban J connectivity index is 0.00000144. The summed E-state index contributed by atoms with van der Waals surface area (Å²) in [6.45, 7) is 0. The van der Waals surface area contributed by atoms with Crippen molar-refractivity contribution in [3.8, 4) is 0 Å². The van der Waals surface area contributed by atoms with Gasteiger partial charge in [0.2, 0.25) is 0 Å². The second-order valence-electron chi connectivity index (χ2n) is 4.40. The number of aromatic nitrogens is 2. The lowest BCUT2D eigenvalue weighted by molar-refractivity contribution is 0.0996. The molecule has 0 bridgehead atoms. The number of thioether (sulfide) groups is 1. The number of anilines is 1. The molecule has 24 heavy (non-hydrogen) atoms. The lowest BCUT2D eigenvalue weighted by Crippen LogP contribution is -2.11. The summed E-state index contributed by atoms with van der Waals surface area (Å²) in [5, 5.41) is 3.56.